The van der Waals surface area contributed by atoms with Crippen LogP contribution in [-0.4, -0.2) is 25.8 Å². The molecule has 9 heteroatoms. The summed E-state index contributed by atoms with van der Waals surface area (Å²) in [5.41, 5.74) is 2.29. The average molecular weight is 442 g/mol. The fourth-order valence-corrected chi connectivity index (χ4v) is 3.31. The Balaban J connectivity index is 1.59. The summed E-state index contributed by atoms with van der Waals surface area (Å²) in [6.45, 7) is 0.0469. The quantitative estimate of drug-likeness (QED) is 0.463. The van der Waals surface area contributed by atoms with Gasteiger partial charge in [0.25, 0.3) is 11.6 Å². The van der Waals surface area contributed by atoms with E-state index >= 15 is 0 Å². The number of carbonyl (C=O) groups excluding carboxylic acids is 1. The maximum absolute atomic E-state index is 12.7. The molecule has 0 spiro atoms. The minimum absolute atomic E-state index is 0.0243. The van der Waals surface area contributed by atoms with Crippen molar-refractivity contribution >= 4 is 27.5 Å². The van der Waals surface area contributed by atoms with Gasteiger partial charge < -0.3 is 5.32 Å². The second kappa shape index (κ2) is 7.51. The van der Waals surface area contributed by atoms with Gasteiger partial charge in [-0.1, -0.05) is 39.3 Å². The van der Waals surface area contributed by atoms with Gasteiger partial charge in [0.05, 0.1) is 16.3 Å². The van der Waals surface area contributed by atoms with E-state index in [4.69, 9.17) is 0 Å². The van der Waals surface area contributed by atoms with Gasteiger partial charge in [-0.15, -0.1) is 5.10 Å². The number of nitrogens with zero attached hydrogens (tertiary/aromatic N) is 4. The van der Waals surface area contributed by atoms with Crippen molar-refractivity contribution in [3.8, 4) is 5.69 Å². The molecule has 1 saturated carbocycles. The Bertz CT molecular complexity index is 1040. The van der Waals surface area contributed by atoms with Crippen LogP contribution in [0.15, 0.2) is 53.0 Å². The van der Waals surface area contributed by atoms with E-state index in [0.29, 0.717) is 5.56 Å². The Morgan fingerprint density at radius 1 is 1.21 bits per heavy atom. The van der Waals surface area contributed by atoms with Gasteiger partial charge in [-0.05, 0) is 37.1 Å². The summed E-state index contributed by atoms with van der Waals surface area (Å²) < 4.78 is 2.65. The number of carbonyl (C=O) groups is 1. The van der Waals surface area contributed by atoms with E-state index < -0.39 is 4.92 Å². The van der Waals surface area contributed by atoms with E-state index in [2.05, 4.69) is 31.6 Å². The normalized spacial score (nSPS) is 13.3. The standard InChI is InChI=1S/C19H16BrN5O3/c20-14-7-9-15(10-8-14)24-18(12-5-6-12)17(22-23-24)19(26)21-11-13-3-1-2-4-16(13)25(27)28/h1-4,7-10,12H,5-6,11H2,(H,21,26). The number of benzene rings is 2. The summed E-state index contributed by atoms with van der Waals surface area (Å²) >= 11 is 3.41. The first kappa shape index (κ1) is 18.3. The summed E-state index contributed by atoms with van der Waals surface area (Å²) in [4.78, 5) is 23.4. The molecular formula is C19H16BrN5O3. The van der Waals surface area contributed by atoms with Gasteiger partial charge in [0, 0.05) is 28.6 Å². The zero-order valence-corrected chi connectivity index (χ0v) is 16.3. The van der Waals surface area contributed by atoms with E-state index in [1.165, 1.54) is 6.07 Å². The van der Waals surface area contributed by atoms with Crippen LogP contribution in [0.4, 0.5) is 5.69 Å². The van der Waals surface area contributed by atoms with Crippen molar-refractivity contribution in [2.24, 2.45) is 0 Å². The van der Waals surface area contributed by atoms with E-state index in [0.717, 1.165) is 28.7 Å². The molecule has 1 amide bonds. The lowest BCUT2D eigenvalue weighted by atomic mass is 10.1. The van der Waals surface area contributed by atoms with Crippen molar-refractivity contribution in [3.63, 3.8) is 0 Å². The van der Waals surface area contributed by atoms with Crippen LogP contribution in [0, 0.1) is 10.1 Å². The summed E-state index contributed by atoms with van der Waals surface area (Å²) in [7, 11) is 0. The molecular weight excluding hydrogens is 426 g/mol. The van der Waals surface area contributed by atoms with Crippen molar-refractivity contribution in [1.29, 1.82) is 0 Å². The van der Waals surface area contributed by atoms with E-state index in [1.807, 2.05) is 24.3 Å². The van der Waals surface area contributed by atoms with Gasteiger partial charge in [-0.25, -0.2) is 4.68 Å². The zero-order chi connectivity index (χ0) is 19.7. The third kappa shape index (κ3) is 3.65. The molecule has 1 fully saturated rings. The van der Waals surface area contributed by atoms with Crippen molar-refractivity contribution < 1.29 is 9.72 Å². The highest BCUT2D eigenvalue weighted by molar-refractivity contribution is 9.10. The molecule has 1 aromatic heterocycles. The first-order valence-electron chi connectivity index (χ1n) is 8.76. The van der Waals surface area contributed by atoms with Gasteiger partial charge in [0.1, 0.15) is 0 Å². The summed E-state index contributed by atoms with van der Waals surface area (Å²) in [6, 6.07) is 14.0. The minimum Gasteiger partial charge on any atom is -0.346 e. The number of nitro groups is 1. The van der Waals surface area contributed by atoms with E-state index in [9.17, 15) is 14.9 Å². The summed E-state index contributed by atoms with van der Waals surface area (Å²) in [6.07, 6.45) is 1.96. The predicted molar refractivity (Wildman–Crippen MR) is 105 cm³/mol. The molecule has 2 aromatic carbocycles. The second-order valence-electron chi connectivity index (χ2n) is 6.55. The monoisotopic (exact) mass is 441 g/mol. The smallest absolute Gasteiger partial charge is 0.274 e. The highest BCUT2D eigenvalue weighted by Gasteiger charge is 2.34. The van der Waals surface area contributed by atoms with Crippen LogP contribution in [0.2, 0.25) is 0 Å². The van der Waals surface area contributed by atoms with Crippen molar-refractivity contribution in [2.45, 2.75) is 25.3 Å². The number of nitrogens with one attached hydrogen (secondary N) is 1. The Morgan fingerprint density at radius 3 is 2.61 bits per heavy atom. The molecule has 0 aliphatic heterocycles. The number of aromatic nitrogens is 3. The maximum atomic E-state index is 12.7. The predicted octanol–water partition coefficient (Wildman–Crippen LogP) is 3.75. The van der Waals surface area contributed by atoms with Crippen LogP contribution in [-0.2, 0) is 6.54 Å². The molecule has 3 aromatic rings. The number of rotatable bonds is 6. The first-order valence-corrected chi connectivity index (χ1v) is 9.56. The molecule has 0 unspecified atom stereocenters. The van der Waals surface area contributed by atoms with Crippen molar-refractivity contribution in [1.82, 2.24) is 20.3 Å². The molecule has 0 atom stereocenters. The lowest BCUT2D eigenvalue weighted by Gasteiger charge is -2.08. The maximum Gasteiger partial charge on any atom is 0.274 e. The highest BCUT2D eigenvalue weighted by atomic mass is 79.9. The minimum atomic E-state index is -0.457. The van der Waals surface area contributed by atoms with Crippen LogP contribution < -0.4 is 5.32 Å². The molecule has 8 nitrogen and oxygen atoms in total. The average Bonchev–Trinajstić information content (AvgIpc) is 3.45. The molecule has 0 radical (unpaired) electrons. The van der Waals surface area contributed by atoms with Gasteiger partial charge in [-0.2, -0.15) is 0 Å². The van der Waals surface area contributed by atoms with Crippen molar-refractivity contribution in [2.75, 3.05) is 0 Å². The van der Waals surface area contributed by atoms with Crippen molar-refractivity contribution in [3.05, 3.63) is 80.1 Å². The fraction of sp³-hybridized carbons (Fsp3) is 0.211. The molecule has 1 aliphatic carbocycles. The van der Waals surface area contributed by atoms with Gasteiger partial charge in [0.2, 0.25) is 0 Å². The number of hydrogen-bond acceptors (Lipinski definition) is 5. The van der Waals surface area contributed by atoms with Crippen LogP contribution in [0.1, 0.15) is 40.5 Å². The molecule has 1 heterocycles. The van der Waals surface area contributed by atoms with Crippen LogP contribution in [0.5, 0.6) is 0 Å². The van der Waals surface area contributed by atoms with E-state index in [1.54, 1.807) is 22.9 Å². The Hall–Kier alpha value is -3.07. The first-order chi connectivity index (χ1) is 13.5. The van der Waals surface area contributed by atoms with Crippen LogP contribution >= 0.6 is 15.9 Å². The Kier molecular flexibility index (Phi) is 4.91. The molecule has 0 bridgehead atoms. The van der Waals surface area contributed by atoms with E-state index in [-0.39, 0.29) is 29.8 Å². The fourth-order valence-electron chi connectivity index (χ4n) is 3.04. The molecule has 0 saturated heterocycles. The van der Waals surface area contributed by atoms with Crippen LogP contribution in [0.25, 0.3) is 5.69 Å². The molecule has 142 valence electrons. The molecule has 4 rings (SSSR count). The molecule has 1 aliphatic rings. The van der Waals surface area contributed by atoms with Gasteiger partial charge >= 0.3 is 0 Å². The van der Waals surface area contributed by atoms with Crippen LogP contribution in [0.3, 0.4) is 0 Å². The zero-order valence-electron chi connectivity index (χ0n) is 14.7. The highest BCUT2D eigenvalue weighted by Crippen LogP contribution is 2.42. The number of nitro benzene ring substituents is 1. The molecule has 28 heavy (non-hydrogen) atoms. The third-order valence-corrected chi connectivity index (χ3v) is 5.11. The van der Waals surface area contributed by atoms with Gasteiger partial charge in [0.15, 0.2) is 5.69 Å². The third-order valence-electron chi connectivity index (χ3n) is 4.58. The number of hydrogen-bond donors (Lipinski definition) is 1. The SMILES string of the molecule is O=C(NCc1ccccc1[N+](=O)[O-])c1nnn(-c2ccc(Br)cc2)c1C1CC1. The second-order valence-corrected chi connectivity index (χ2v) is 7.47. The topological polar surface area (TPSA) is 103 Å². The Morgan fingerprint density at radius 2 is 1.93 bits per heavy atom. The lowest BCUT2D eigenvalue weighted by molar-refractivity contribution is -0.385. The lowest BCUT2D eigenvalue weighted by Crippen LogP contribution is -2.25. The summed E-state index contributed by atoms with van der Waals surface area (Å²) in [5, 5.41) is 22.2. The molecule has 1 N–H and O–H groups in total. The number of halogens is 1. The Labute approximate surface area is 168 Å². The number of amides is 1. The largest absolute Gasteiger partial charge is 0.346 e. The number of para-hydroxylation sites is 1. The van der Waals surface area contributed by atoms with Gasteiger partial charge in [-0.3, -0.25) is 14.9 Å². The summed E-state index contributed by atoms with van der Waals surface area (Å²) in [5.74, 6) is -0.145.